The van der Waals surface area contributed by atoms with Gasteiger partial charge in [-0.15, -0.1) is 0 Å². The third-order valence-electron chi connectivity index (χ3n) is 3.31. The standard InChI is InChI=1S/C17H18O4/c1-20-14-10-8-13(9-11-14)17(21-2)16(19)15(18)12-6-4-3-5-7-12/h3-11,16-17,19H,1-2H3/t16-,17-/m0/s1. The predicted molar refractivity (Wildman–Crippen MR) is 79.5 cm³/mol. The summed E-state index contributed by atoms with van der Waals surface area (Å²) in [5.74, 6) is 0.343. The molecule has 2 aromatic carbocycles. The van der Waals surface area contributed by atoms with Crippen molar-refractivity contribution in [1.82, 2.24) is 0 Å². The number of ketones is 1. The number of aliphatic hydroxyl groups is 1. The number of benzene rings is 2. The van der Waals surface area contributed by atoms with Crippen LogP contribution in [0.1, 0.15) is 22.0 Å². The smallest absolute Gasteiger partial charge is 0.194 e. The van der Waals surface area contributed by atoms with Crippen LogP contribution in [0.15, 0.2) is 54.6 Å². The van der Waals surface area contributed by atoms with E-state index in [9.17, 15) is 9.90 Å². The summed E-state index contributed by atoms with van der Waals surface area (Å²) in [4.78, 5) is 12.3. The summed E-state index contributed by atoms with van der Waals surface area (Å²) in [6, 6.07) is 15.8. The number of rotatable bonds is 6. The molecule has 4 nitrogen and oxygen atoms in total. The Balaban J connectivity index is 2.21. The van der Waals surface area contributed by atoms with Gasteiger partial charge in [0.25, 0.3) is 0 Å². The molecule has 0 aromatic heterocycles. The zero-order chi connectivity index (χ0) is 15.2. The van der Waals surface area contributed by atoms with E-state index in [0.29, 0.717) is 11.3 Å². The van der Waals surface area contributed by atoms with Crippen LogP contribution in [0.3, 0.4) is 0 Å². The minimum Gasteiger partial charge on any atom is -0.497 e. The summed E-state index contributed by atoms with van der Waals surface area (Å²) >= 11 is 0. The first-order valence-corrected chi connectivity index (χ1v) is 6.61. The number of ether oxygens (including phenoxy) is 2. The summed E-state index contributed by atoms with van der Waals surface area (Å²) in [6.45, 7) is 0. The molecule has 0 saturated heterocycles. The Morgan fingerprint density at radius 1 is 1.00 bits per heavy atom. The van der Waals surface area contributed by atoms with Crippen LogP contribution in [0.2, 0.25) is 0 Å². The fourth-order valence-electron chi connectivity index (χ4n) is 2.15. The van der Waals surface area contributed by atoms with E-state index in [1.165, 1.54) is 7.11 Å². The predicted octanol–water partition coefficient (Wildman–Crippen LogP) is 2.63. The fraction of sp³-hybridized carbons (Fsp3) is 0.235. The Labute approximate surface area is 123 Å². The van der Waals surface area contributed by atoms with E-state index in [-0.39, 0.29) is 5.78 Å². The maximum absolute atomic E-state index is 12.3. The Morgan fingerprint density at radius 2 is 1.62 bits per heavy atom. The Kier molecular flexibility index (Phi) is 5.09. The van der Waals surface area contributed by atoms with Crippen molar-refractivity contribution in [2.45, 2.75) is 12.2 Å². The van der Waals surface area contributed by atoms with Crippen LogP contribution >= 0.6 is 0 Å². The average molecular weight is 286 g/mol. The molecule has 0 aliphatic carbocycles. The SMILES string of the molecule is COc1ccc([C@H](OC)[C@@H](O)C(=O)c2ccccc2)cc1. The number of carbonyl (C=O) groups is 1. The number of Topliss-reactive ketones (excluding diaryl/α,β-unsaturated/α-hetero) is 1. The molecule has 0 heterocycles. The summed E-state index contributed by atoms with van der Waals surface area (Å²) in [6.07, 6.45) is -1.98. The van der Waals surface area contributed by atoms with Crippen molar-refractivity contribution in [3.8, 4) is 5.75 Å². The maximum Gasteiger partial charge on any atom is 0.194 e. The van der Waals surface area contributed by atoms with Crippen LogP contribution in [-0.2, 0) is 4.74 Å². The molecule has 2 atom stereocenters. The van der Waals surface area contributed by atoms with Crippen molar-refractivity contribution < 1.29 is 19.4 Å². The van der Waals surface area contributed by atoms with Crippen molar-refractivity contribution in [2.24, 2.45) is 0 Å². The van der Waals surface area contributed by atoms with Gasteiger partial charge in [0, 0.05) is 12.7 Å². The van der Waals surface area contributed by atoms with E-state index in [1.54, 1.807) is 55.6 Å². The Bertz CT molecular complexity index is 577. The number of hydrogen-bond donors (Lipinski definition) is 1. The highest BCUT2D eigenvalue weighted by Gasteiger charge is 2.28. The Morgan fingerprint density at radius 3 is 2.14 bits per heavy atom. The third-order valence-corrected chi connectivity index (χ3v) is 3.31. The van der Waals surface area contributed by atoms with E-state index >= 15 is 0 Å². The van der Waals surface area contributed by atoms with Crippen molar-refractivity contribution >= 4 is 5.78 Å². The van der Waals surface area contributed by atoms with Gasteiger partial charge in [0.05, 0.1) is 7.11 Å². The van der Waals surface area contributed by atoms with Gasteiger partial charge in [0.1, 0.15) is 18.0 Å². The molecule has 1 N–H and O–H groups in total. The van der Waals surface area contributed by atoms with E-state index in [2.05, 4.69) is 0 Å². The fourth-order valence-corrected chi connectivity index (χ4v) is 2.15. The van der Waals surface area contributed by atoms with Gasteiger partial charge in [-0.2, -0.15) is 0 Å². The monoisotopic (exact) mass is 286 g/mol. The van der Waals surface area contributed by atoms with Crippen LogP contribution < -0.4 is 4.74 Å². The van der Waals surface area contributed by atoms with E-state index in [0.717, 1.165) is 5.56 Å². The first kappa shape index (κ1) is 15.2. The molecular weight excluding hydrogens is 268 g/mol. The molecule has 0 radical (unpaired) electrons. The molecule has 0 saturated carbocycles. The Hall–Kier alpha value is -2.17. The van der Waals surface area contributed by atoms with Crippen LogP contribution in [0.4, 0.5) is 0 Å². The van der Waals surface area contributed by atoms with Crippen molar-refractivity contribution in [1.29, 1.82) is 0 Å². The molecule has 2 aromatic rings. The van der Waals surface area contributed by atoms with Crippen molar-refractivity contribution in [2.75, 3.05) is 14.2 Å². The molecule has 2 rings (SSSR count). The lowest BCUT2D eigenvalue weighted by atomic mass is 9.97. The van der Waals surface area contributed by atoms with Crippen LogP contribution in [-0.4, -0.2) is 31.2 Å². The normalized spacial score (nSPS) is 13.5. The first-order valence-electron chi connectivity index (χ1n) is 6.61. The van der Waals surface area contributed by atoms with E-state index in [4.69, 9.17) is 9.47 Å². The molecule has 0 aliphatic rings. The summed E-state index contributed by atoms with van der Waals surface area (Å²) in [5.41, 5.74) is 1.18. The summed E-state index contributed by atoms with van der Waals surface area (Å²) < 4.78 is 10.4. The number of carbonyl (C=O) groups excluding carboxylic acids is 1. The molecule has 0 aliphatic heterocycles. The minimum atomic E-state index is -1.26. The molecule has 0 bridgehead atoms. The second-order valence-electron chi connectivity index (χ2n) is 4.60. The minimum absolute atomic E-state index is 0.363. The van der Waals surface area contributed by atoms with Gasteiger partial charge in [-0.25, -0.2) is 0 Å². The van der Waals surface area contributed by atoms with Crippen LogP contribution in [0.5, 0.6) is 5.75 Å². The largest absolute Gasteiger partial charge is 0.497 e. The summed E-state index contributed by atoms with van der Waals surface area (Å²) in [5, 5.41) is 10.3. The van der Waals surface area contributed by atoms with Gasteiger partial charge in [0.15, 0.2) is 5.78 Å². The van der Waals surface area contributed by atoms with E-state index in [1.807, 2.05) is 6.07 Å². The molecule has 110 valence electrons. The maximum atomic E-state index is 12.3. The lowest BCUT2D eigenvalue weighted by Gasteiger charge is -2.21. The number of aliphatic hydroxyl groups excluding tert-OH is 1. The van der Waals surface area contributed by atoms with E-state index < -0.39 is 12.2 Å². The lowest BCUT2D eigenvalue weighted by molar-refractivity contribution is -0.00432. The van der Waals surface area contributed by atoms with Gasteiger partial charge in [0.2, 0.25) is 0 Å². The van der Waals surface area contributed by atoms with Gasteiger partial charge < -0.3 is 14.6 Å². The van der Waals surface area contributed by atoms with Crippen LogP contribution in [0, 0.1) is 0 Å². The molecule has 4 heteroatoms. The summed E-state index contributed by atoms with van der Waals surface area (Å²) in [7, 11) is 3.05. The number of hydrogen-bond acceptors (Lipinski definition) is 4. The van der Waals surface area contributed by atoms with Crippen molar-refractivity contribution in [3.05, 3.63) is 65.7 Å². The molecule has 0 unspecified atom stereocenters. The molecule has 21 heavy (non-hydrogen) atoms. The first-order chi connectivity index (χ1) is 10.2. The third kappa shape index (κ3) is 3.48. The highest BCUT2D eigenvalue weighted by molar-refractivity contribution is 5.99. The quantitative estimate of drug-likeness (QED) is 0.829. The molecule has 0 amide bonds. The second kappa shape index (κ2) is 7.02. The highest BCUT2D eigenvalue weighted by atomic mass is 16.5. The number of methoxy groups -OCH3 is 2. The van der Waals surface area contributed by atoms with Gasteiger partial charge in [-0.05, 0) is 17.7 Å². The van der Waals surface area contributed by atoms with Gasteiger partial charge >= 0.3 is 0 Å². The van der Waals surface area contributed by atoms with Gasteiger partial charge in [-0.3, -0.25) is 4.79 Å². The second-order valence-corrected chi connectivity index (χ2v) is 4.60. The highest BCUT2D eigenvalue weighted by Crippen LogP contribution is 2.25. The molecular formula is C17H18O4. The topological polar surface area (TPSA) is 55.8 Å². The van der Waals surface area contributed by atoms with Crippen LogP contribution in [0.25, 0.3) is 0 Å². The zero-order valence-electron chi connectivity index (χ0n) is 12.0. The average Bonchev–Trinajstić information content (AvgIpc) is 2.56. The zero-order valence-corrected chi connectivity index (χ0v) is 12.0. The molecule has 0 spiro atoms. The van der Waals surface area contributed by atoms with Crippen molar-refractivity contribution in [3.63, 3.8) is 0 Å². The lowest BCUT2D eigenvalue weighted by Crippen LogP contribution is -2.29. The molecule has 0 fully saturated rings. The van der Waals surface area contributed by atoms with Gasteiger partial charge in [-0.1, -0.05) is 42.5 Å².